The van der Waals surface area contributed by atoms with Crippen LogP contribution in [-0.4, -0.2) is 22.0 Å². The van der Waals surface area contributed by atoms with Gasteiger partial charge in [-0.25, -0.2) is 15.0 Å². The molecule has 0 fully saturated rings. The molecule has 0 aliphatic carbocycles. The van der Waals surface area contributed by atoms with Crippen molar-refractivity contribution in [3.8, 4) is 0 Å². The van der Waals surface area contributed by atoms with Gasteiger partial charge in [-0.1, -0.05) is 13.8 Å². The molecule has 0 radical (unpaired) electrons. The molecule has 96 valence electrons. The van der Waals surface area contributed by atoms with Crippen molar-refractivity contribution >= 4 is 33.1 Å². The smallest absolute Gasteiger partial charge is 0.134 e. The van der Waals surface area contributed by atoms with E-state index in [4.69, 9.17) is 0 Å². The molecule has 0 saturated carbocycles. The second-order valence-electron chi connectivity index (χ2n) is 4.40. The fourth-order valence-corrected chi connectivity index (χ4v) is 2.45. The Morgan fingerprint density at radius 1 is 1.39 bits per heavy atom. The number of hydrogen-bond donors (Lipinski definition) is 0. The van der Waals surface area contributed by atoms with Crippen LogP contribution in [0, 0.1) is 0 Å². The van der Waals surface area contributed by atoms with E-state index >= 15 is 0 Å². The van der Waals surface area contributed by atoms with Crippen LogP contribution in [0.25, 0.3) is 0 Å². The zero-order valence-electron chi connectivity index (χ0n) is 10.6. The summed E-state index contributed by atoms with van der Waals surface area (Å²) in [5.74, 6) is 2.08. The van der Waals surface area contributed by atoms with Gasteiger partial charge in [0.15, 0.2) is 0 Å². The van der Waals surface area contributed by atoms with E-state index in [1.54, 1.807) is 11.3 Å². The average molecular weight is 327 g/mol. The summed E-state index contributed by atoms with van der Waals surface area (Å²) in [6, 6.07) is 1.93. The summed E-state index contributed by atoms with van der Waals surface area (Å²) < 4.78 is 0.821. The first-order chi connectivity index (χ1) is 8.56. The van der Waals surface area contributed by atoms with Crippen molar-refractivity contribution in [1.82, 2.24) is 15.0 Å². The molecule has 6 heteroatoms. The van der Waals surface area contributed by atoms with E-state index in [9.17, 15) is 0 Å². The van der Waals surface area contributed by atoms with Gasteiger partial charge in [0.05, 0.1) is 17.7 Å². The Kier molecular flexibility index (Phi) is 4.29. The summed E-state index contributed by atoms with van der Waals surface area (Å²) in [7, 11) is 2.01. The second-order valence-corrected chi connectivity index (χ2v) is 5.93. The number of halogens is 1. The molecule has 0 aromatic carbocycles. The van der Waals surface area contributed by atoms with Crippen LogP contribution >= 0.6 is 27.3 Å². The Morgan fingerprint density at radius 2 is 2.17 bits per heavy atom. The fourth-order valence-electron chi connectivity index (χ4n) is 1.52. The van der Waals surface area contributed by atoms with Crippen molar-refractivity contribution in [2.45, 2.75) is 26.3 Å². The molecule has 0 amide bonds. The minimum Gasteiger partial charge on any atom is -0.354 e. The summed E-state index contributed by atoms with van der Waals surface area (Å²) >= 11 is 5.04. The van der Waals surface area contributed by atoms with Crippen molar-refractivity contribution in [2.75, 3.05) is 11.9 Å². The molecule has 18 heavy (non-hydrogen) atoms. The number of thiazole rings is 1. The number of anilines is 1. The maximum absolute atomic E-state index is 4.57. The third-order valence-electron chi connectivity index (χ3n) is 2.49. The van der Waals surface area contributed by atoms with Crippen LogP contribution in [0.2, 0.25) is 0 Å². The monoisotopic (exact) mass is 326 g/mol. The highest BCUT2D eigenvalue weighted by molar-refractivity contribution is 9.10. The Labute approximate surface area is 119 Å². The van der Waals surface area contributed by atoms with Gasteiger partial charge in [-0.3, -0.25) is 0 Å². The molecule has 2 aromatic rings. The van der Waals surface area contributed by atoms with Gasteiger partial charge < -0.3 is 4.90 Å². The first-order valence-corrected chi connectivity index (χ1v) is 7.42. The van der Waals surface area contributed by atoms with Crippen molar-refractivity contribution in [1.29, 1.82) is 0 Å². The number of aromatic nitrogens is 3. The quantitative estimate of drug-likeness (QED) is 0.807. The molecule has 0 unspecified atom stereocenters. The van der Waals surface area contributed by atoms with E-state index in [-0.39, 0.29) is 0 Å². The lowest BCUT2D eigenvalue weighted by molar-refractivity contribution is 0.756. The fraction of sp³-hybridized carbons (Fsp3) is 0.417. The third-order valence-corrected chi connectivity index (χ3v) is 3.53. The van der Waals surface area contributed by atoms with Gasteiger partial charge in [-0.2, -0.15) is 0 Å². The molecule has 0 saturated heterocycles. The van der Waals surface area contributed by atoms with Crippen molar-refractivity contribution < 1.29 is 0 Å². The first-order valence-electron chi connectivity index (χ1n) is 5.69. The average Bonchev–Trinajstić information content (AvgIpc) is 2.80. The lowest BCUT2D eigenvalue weighted by Gasteiger charge is -2.18. The number of rotatable bonds is 4. The summed E-state index contributed by atoms with van der Waals surface area (Å²) in [6.07, 6.45) is 0. The van der Waals surface area contributed by atoms with E-state index in [0.717, 1.165) is 28.5 Å². The third kappa shape index (κ3) is 3.26. The molecule has 2 heterocycles. The summed E-state index contributed by atoms with van der Waals surface area (Å²) in [5, 5.41) is 2.05. The molecule has 0 aliphatic rings. The molecule has 4 nitrogen and oxygen atoms in total. The summed E-state index contributed by atoms with van der Waals surface area (Å²) in [6.45, 7) is 4.93. The SMILES string of the molecule is CC(C)c1nc(Br)cc(N(C)Cc2cscn2)n1. The normalized spacial score (nSPS) is 10.9. The number of hydrogen-bond acceptors (Lipinski definition) is 5. The van der Waals surface area contributed by atoms with Gasteiger partial charge in [0.25, 0.3) is 0 Å². The van der Waals surface area contributed by atoms with Gasteiger partial charge >= 0.3 is 0 Å². The highest BCUT2D eigenvalue weighted by Crippen LogP contribution is 2.20. The van der Waals surface area contributed by atoms with Gasteiger partial charge in [0, 0.05) is 24.4 Å². The Hall–Kier alpha value is -1.01. The van der Waals surface area contributed by atoms with Crippen LogP contribution in [-0.2, 0) is 6.54 Å². The van der Waals surface area contributed by atoms with E-state index in [2.05, 4.69) is 55.0 Å². The largest absolute Gasteiger partial charge is 0.354 e. The Morgan fingerprint density at radius 3 is 2.78 bits per heavy atom. The van der Waals surface area contributed by atoms with Crippen LogP contribution < -0.4 is 4.90 Å². The molecular weight excluding hydrogens is 312 g/mol. The molecule has 0 aliphatic heterocycles. The van der Waals surface area contributed by atoms with Gasteiger partial charge in [0.2, 0.25) is 0 Å². The second kappa shape index (κ2) is 5.75. The molecule has 0 bridgehead atoms. The van der Waals surface area contributed by atoms with E-state index in [1.807, 2.05) is 18.6 Å². The highest BCUT2D eigenvalue weighted by atomic mass is 79.9. The molecular formula is C12H15BrN4S. The van der Waals surface area contributed by atoms with Crippen LogP contribution in [0.15, 0.2) is 21.6 Å². The van der Waals surface area contributed by atoms with E-state index in [1.165, 1.54) is 0 Å². The van der Waals surface area contributed by atoms with Crippen LogP contribution in [0.3, 0.4) is 0 Å². The van der Waals surface area contributed by atoms with Gasteiger partial charge in [0.1, 0.15) is 16.2 Å². The maximum Gasteiger partial charge on any atom is 0.134 e. The Bertz CT molecular complexity index is 513. The first kappa shape index (κ1) is 13.4. The minimum atomic E-state index is 0.314. The van der Waals surface area contributed by atoms with Gasteiger partial charge in [-0.05, 0) is 15.9 Å². The van der Waals surface area contributed by atoms with Crippen molar-refractivity contribution in [3.05, 3.63) is 33.1 Å². The van der Waals surface area contributed by atoms with E-state index in [0.29, 0.717) is 5.92 Å². The summed E-state index contributed by atoms with van der Waals surface area (Å²) in [4.78, 5) is 15.3. The highest BCUT2D eigenvalue weighted by Gasteiger charge is 2.10. The lowest BCUT2D eigenvalue weighted by Crippen LogP contribution is -2.19. The van der Waals surface area contributed by atoms with Crippen molar-refractivity contribution in [2.24, 2.45) is 0 Å². The minimum absolute atomic E-state index is 0.314. The molecule has 2 aromatic heterocycles. The van der Waals surface area contributed by atoms with Gasteiger partial charge in [-0.15, -0.1) is 11.3 Å². The Balaban J connectivity index is 2.21. The van der Waals surface area contributed by atoms with E-state index < -0.39 is 0 Å². The van der Waals surface area contributed by atoms with Crippen LogP contribution in [0.5, 0.6) is 0 Å². The molecule has 0 N–H and O–H groups in total. The molecule has 0 atom stereocenters. The lowest BCUT2D eigenvalue weighted by atomic mass is 10.2. The van der Waals surface area contributed by atoms with Crippen LogP contribution in [0.1, 0.15) is 31.3 Å². The molecule has 2 rings (SSSR count). The maximum atomic E-state index is 4.57. The zero-order chi connectivity index (χ0) is 13.1. The topological polar surface area (TPSA) is 41.9 Å². The number of nitrogens with zero attached hydrogens (tertiary/aromatic N) is 4. The predicted octanol–water partition coefficient (Wildman–Crippen LogP) is 3.46. The molecule has 0 spiro atoms. The summed E-state index contributed by atoms with van der Waals surface area (Å²) in [5.41, 5.74) is 2.90. The standard InChI is InChI=1S/C12H15BrN4S/c1-8(2)12-15-10(13)4-11(16-12)17(3)5-9-6-18-7-14-9/h4,6-8H,5H2,1-3H3. The predicted molar refractivity (Wildman–Crippen MR) is 78.0 cm³/mol. The van der Waals surface area contributed by atoms with Crippen molar-refractivity contribution in [3.63, 3.8) is 0 Å². The zero-order valence-corrected chi connectivity index (χ0v) is 13.0. The van der Waals surface area contributed by atoms with Crippen LogP contribution in [0.4, 0.5) is 5.82 Å².